The fourth-order valence-corrected chi connectivity index (χ4v) is 1.48. The Balaban J connectivity index is 2.59. The van der Waals surface area contributed by atoms with Gasteiger partial charge in [-0.2, -0.15) is 0 Å². The number of hydrogen-bond acceptors (Lipinski definition) is 2. The maximum Gasteiger partial charge on any atom is 0.303 e. The van der Waals surface area contributed by atoms with Crippen LogP contribution in [0.4, 0.5) is 0 Å². The van der Waals surface area contributed by atoms with Gasteiger partial charge in [-0.05, 0) is 37.1 Å². The minimum Gasteiger partial charge on any atom is -0.481 e. The Labute approximate surface area is 99.0 Å². The smallest absolute Gasteiger partial charge is 0.303 e. The van der Waals surface area contributed by atoms with E-state index in [2.05, 4.69) is 0 Å². The van der Waals surface area contributed by atoms with E-state index in [1.54, 1.807) is 18.2 Å². The van der Waals surface area contributed by atoms with Crippen LogP contribution in [-0.4, -0.2) is 16.9 Å². The normalized spacial score (nSPS) is 10.1. The number of carbonyl (C=O) groups is 2. The SMILES string of the molecule is Cc1cc(C(=O)CCCC(=O)O)ccc1Cl. The fraction of sp³-hybridized carbons (Fsp3) is 0.333. The molecule has 3 nitrogen and oxygen atoms in total. The molecule has 1 rings (SSSR count). The van der Waals surface area contributed by atoms with Gasteiger partial charge in [0, 0.05) is 23.4 Å². The summed E-state index contributed by atoms with van der Waals surface area (Å²) in [7, 11) is 0. The lowest BCUT2D eigenvalue weighted by Crippen LogP contribution is -2.02. The van der Waals surface area contributed by atoms with Gasteiger partial charge in [0.1, 0.15) is 0 Å². The highest BCUT2D eigenvalue weighted by atomic mass is 35.5. The lowest BCUT2D eigenvalue weighted by Gasteiger charge is -2.02. The summed E-state index contributed by atoms with van der Waals surface area (Å²) in [5, 5.41) is 9.08. The molecule has 0 amide bonds. The summed E-state index contributed by atoms with van der Waals surface area (Å²) in [4.78, 5) is 21.9. The predicted octanol–water partition coefficient (Wildman–Crippen LogP) is 3.09. The maximum atomic E-state index is 11.7. The first-order valence-corrected chi connectivity index (χ1v) is 5.39. The number of carboxylic acids is 1. The first kappa shape index (κ1) is 12.7. The Hall–Kier alpha value is -1.35. The Morgan fingerprint density at radius 3 is 2.56 bits per heavy atom. The molecule has 0 heterocycles. The second-order valence-electron chi connectivity index (χ2n) is 3.63. The Morgan fingerprint density at radius 1 is 1.31 bits per heavy atom. The zero-order valence-electron chi connectivity index (χ0n) is 9.00. The van der Waals surface area contributed by atoms with Crippen molar-refractivity contribution < 1.29 is 14.7 Å². The molecule has 0 unspecified atom stereocenters. The van der Waals surface area contributed by atoms with Crippen LogP contribution in [0.2, 0.25) is 5.02 Å². The lowest BCUT2D eigenvalue weighted by atomic mass is 10.0. The van der Waals surface area contributed by atoms with Crippen molar-refractivity contribution in [1.29, 1.82) is 0 Å². The van der Waals surface area contributed by atoms with Crippen molar-refractivity contribution in [1.82, 2.24) is 0 Å². The van der Waals surface area contributed by atoms with E-state index >= 15 is 0 Å². The number of ketones is 1. The fourth-order valence-electron chi connectivity index (χ4n) is 1.36. The van der Waals surface area contributed by atoms with Crippen LogP contribution >= 0.6 is 11.6 Å². The number of aliphatic carboxylic acids is 1. The molecule has 1 aromatic carbocycles. The monoisotopic (exact) mass is 240 g/mol. The van der Waals surface area contributed by atoms with Crippen molar-refractivity contribution >= 4 is 23.4 Å². The largest absolute Gasteiger partial charge is 0.481 e. The molecule has 0 atom stereocenters. The summed E-state index contributed by atoms with van der Waals surface area (Å²) in [6.07, 6.45) is 0.654. The summed E-state index contributed by atoms with van der Waals surface area (Å²) >= 11 is 5.84. The zero-order chi connectivity index (χ0) is 12.1. The van der Waals surface area contributed by atoms with E-state index in [0.29, 0.717) is 17.0 Å². The van der Waals surface area contributed by atoms with Crippen molar-refractivity contribution in [2.45, 2.75) is 26.2 Å². The third-order valence-electron chi connectivity index (χ3n) is 2.27. The van der Waals surface area contributed by atoms with Crippen molar-refractivity contribution in [3.8, 4) is 0 Å². The molecule has 0 radical (unpaired) electrons. The number of Topliss-reactive ketones (excluding diaryl/α,β-unsaturated/α-hetero) is 1. The van der Waals surface area contributed by atoms with Crippen molar-refractivity contribution in [2.75, 3.05) is 0 Å². The summed E-state index contributed by atoms with van der Waals surface area (Å²) in [5.41, 5.74) is 1.44. The highest BCUT2D eigenvalue weighted by Gasteiger charge is 2.08. The van der Waals surface area contributed by atoms with Gasteiger partial charge in [-0.1, -0.05) is 11.6 Å². The summed E-state index contributed by atoms with van der Waals surface area (Å²) in [6.45, 7) is 1.83. The van der Waals surface area contributed by atoms with Crippen LogP contribution in [0.25, 0.3) is 0 Å². The third kappa shape index (κ3) is 3.66. The van der Waals surface area contributed by atoms with E-state index in [-0.39, 0.29) is 18.6 Å². The lowest BCUT2D eigenvalue weighted by molar-refractivity contribution is -0.137. The molecule has 4 heteroatoms. The van der Waals surface area contributed by atoms with Gasteiger partial charge in [0.15, 0.2) is 5.78 Å². The van der Waals surface area contributed by atoms with Crippen LogP contribution < -0.4 is 0 Å². The van der Waals surface area contributed by atoms with Gasteiger partial charge in [-0.15, -0.1) is 0 Å². The Kier molecular flexibility index (Phi) is 4.50. The minimum atomic E-state index is -0.875. The van der Waals surface area contributed by atoms with Gasteiger partial charge < -0.3 is 5.11 Å². The molecule has 0 aliphatic heterocycles. The van der Waals surface area contributed by atoms with Gasteiger partial charge in [0.05, 0.1) is 0 Å². The second-order valence-corrected chi connectivity index (χ2v) is 4.04. The number of halogens is 1. The molecular weight excluding hydrogens is 228 g/mol. The molecule has 0 bridgehead atoms. The van der Waals surface area contributed by atoms with Crippen molar-refractivity contribution in [3.63, 3.8) is 0 Å². The zero-order valence-corrected chi connectivity index (χ0v) is 9.75. The predicted molar refractivity (Wildman–Crippen MR) is 62.0 cm³/mol. The molecule has 0 fully saturated rings. The number of rotatable bonds is 5. The van der Waals surface area contributed by atoms with Crippen molar-refractivity contribution in [3.05, 3.63) is 34.3 Å². The standard InChI is InChI=1S/C12H13ClO3/c1-8-7-9(5-6-10(8)13)11(14)3-2-4-12(15)16/h5-7H,2-4H2,1H3,(H,15,16). The Morgan fingerprint density at radius 2 is 2.00 bits per heavy atom. The second kappa shape index (κ2) is 5.66. The summed E-state index contributed by atoms with van der Waals surface area (Å²) in [6, 6.07) is 5.07. The van der Waals surface area contributed by atoms with E-state index in [0.717, 1.165) is 5.56 Å². The topological polar surface area (TPSA) is 54.4 Å². The molecule has 0 saturated carbocycles. The van der Waals surface area contributed by atoms with Gasteiger partial charge >= 0.3 is 5.97 Å². The first-order chi connectivity index (χ1) is 7.50. The average molecular weight is 241 g/mol. The number of hydrogen-bond donors (Lipinski definition) is 1. The molecule has 0 aliphatic rings. The van der Waals surface area contributed by atoms with E-state index < -0.39 is 5.97 Å². The molecule has 16 heavy (non-hydrogen) atoms. The third-order valence-corrected chi connectivity index (χ3v) is 2.70. The van der Waals surface area contributed by atoms with Crippen molar-refractivity contribution in [2.24, 2.45) is 0 Å². The van der Waals surface area contributed by atoms with E-state index in [1.165, 1.54) is 0 Å². The number of carbonyl (C=O) groups excluding carboxylic acids is 1. The molecule has 0 aromatic heterocycles. The maximum absolute atomic E-state index is 11.7. The van der Waals surface area contributed by atoms with Gasteiger partial charge in [0.25, 0.3) is 0 Å². The molecule has 0 aliphatic carbocycles. The minimum absolute atomic E-state index is 0.0261. The quantitative estimate of drug-likeness (QED) is 0.805. The number of carboxylic acid groups (broad SMARTS) is 1. The highest BCUT2D eigenvalue weighted by molar-refractivity contribution is 6.31. The van der Waals surface area contributed by atoms with E-state index in [1.807, 2.05) is 6.92 Å². The summed E-state index contributed by atoms with van der Waals surface area (Å²) < 4.78 is 0. The summed E-state index contributed by atoms with van der Waals surface area (Å²) in [5.74, 6) is -0.916. The van der Waals surface area contributed by atoms with Crippen LogP contribution in [0.5, 0.6) is 0 Å². The molecule has 0 saturated heterocycles. The Bertz CT molecular complexity index is 413. The number of aryl methyl sites for hydroxylation is 1. The van der Waals surface area contributed by atoms with E-state index in [4.69, 9.17) is 16.7 Å². The molecule has 86 valence electrons. The van der Waals surface area contributed by atoms with Crippen LogP contribution in [0.15, 0.2) is 18.2 Å². The van der Waals surface area contributed by atoms with Gasteiger partial charge in [-0.25, -0.2) is 0 Å². The molecular formula is C12H13ClO3. The molecule has 1 aromatic rings. The van der Waals surface area contributed by atoms with Crippen LogP contribution in [0.1, 0.15) is 35.2 Å². The van der Waals surface area contributed by atoms with Crippen LogP contribution in [0.3, 0.4) is 0 Å². The molecule has 0 spiro atoms. The van der Waals surface area contributed by atoms with Gasteiger partial charge in [0.2, 0.25) is 0 Å². The average Bonchev–Trinajstić information content (AvgIpc) is 2.21. The number of benzene rings is 1. The molecule has 1 N–H and O–H groups in total. The van der Waals surface area contributed by atoms with Crippen LogP contribution in [0, 0.1) is 6.92 Å². The van der Waals surface area contributed by atoms with E-state index in [9.17, 15) is 9.59 Å². The van der Waals surface area contributed by atoms with Crippen LogP contribution in [-0.2, 0) is 4.79 Å². The highest BCUT2D eigenvalue weighted by Crippen LogP contribution is 2.17. The van der Waals surface area contributed by atoms with Gasteiger partial charge in [-0.3, -0.25) is 9.59 Å². The first-order valence-electron chi connectivity index (χ1n) is 5.02.